The van der Waals surface area contributed by atoms with Crippen LogP contribution in [0.25, 0.3) is 0 Å². The fraction of sp³-hybridized carbons (Fsp3) is 0.462. The molecule has 0 aromatic heterocycles. The van der Waals surface area contributed by atoms with E-state index in [2.05, 4.69) is 12.1 Å². The van der Waals surface area contributed by atoms with Crippen LogP contribution in [0.5, 0.6) is 5.75 Å². The van der Waals surface area contributed by atoms with Crippen LogP contribution in [0.1, 0.15) is 24.0 Å². The molecule has 1 atom stereocenters. The van der Waals surface area contributed by atoms with Gasteiger partial charge in [-0.05, 0) is 42.4 Å². The highest BCUT2D eigenvalue weighted by molar-refractivity contribution is 5.42. The Labute approximate surface area is 90.5 Å². The molecule has 78 valence electrons. The lowest BCUT2D eigenvalue weighted by molar-refractivity contribution is 0.392. The molecule has 1 aliphatic carbocycles. The summed E-state index contributed by atoms with van der Waals surface area (Å²) in [6, 6.07) is 8.48. The minimum absolute atomic E-state index is 0.513. The van der Waals surface area contributed by atoms with Gasteiger partial charge in [0, 0.05) is 6.42 Å². The zero-order valence-corrected chi connectivity index (χ0v) is 8.99. The minimum Gasteiger partial charge on any atom is -0.496 e. The van der Waals surface area contributed by atoms with E-state index in [1.54, 1.807) is 7.11 Å². The van der Waals surface area contributed by atoms with Crippen LogP contribution < -0.4 is 4.74 Å². The number of fused-ring (bicyclic) bond motifs is 1. The molecular formula is C13H15NO. The van der Waals surface area contributed by atoms with Gasteiger partial charge in [0.05, 0.1) is 13.2 Å². The maximum Gasteiger partial charge on any atom is 0.122 e. The Bertz CT molecular complexity index is 378. The zero-order valence-electron chi connectivity index (χ0n) is 8.99. The van der Waals surface area contributed by atoms with Crippen molar-refractivity contribution in [2.24, 2.45) is 5.92 Å². The number of rotatable bonds is 2. The first kappa shape index (κ1) is 10.0. The summed E-state index contributed by atoms with van der Waals surface area (Å²) in [5.74, 6) is 1.49. The Kier molecular flexibility index (Phi) is 2.91. The summed E-state index contributed by atoms with van der Waals surface area (Å²) >= 11 is 0. The molecule has 1 unspecified atom stereocenters. The smallest absolute Gasteiger partial charge is 0.122 e. The summed E-state index contributed by atoms with van der Waals surface area (Å²) in [5, 5.41) is 8.71. The monoisotopic (exact) mass is 201 g/mol. The van der Waals surface area contributed by atoms with Gasteiger partial charge in [0.25, 0.3) is 0 Å². The van der Waals surface area contributed by atoms with E-state index in [0.717, 1.165) is 25.0 Å². The highest BCUT2D eigenvalue weighted by Crippen LogP contribution is 2.33. The Hall–Kier alpha value is -1.49. The lowest BCUT2D eigenvalue weighted by atomic mass is 9.82. The van der Waals surface area contributed by atoms with E-state index in [1.165, 1.54) is 11.1 Å². The number of aryl methyl sites for hydroxylation is 1. The van der Waals surface area contributed by atoms with Crippen molar-refractivity contribution in [3.63, 3.8) is 0 Å². The molecule has 0 N–H and O–H groups in total. The van der Waals surface area contributed by atoms with Gasteiger partial charge in [-0.2, -0.15) is 5.26 Å². The third-order valence-corrected chi connectivity index (χ3v) is 3.14. The van der Waals surface area contributed by atoms with Gasteiger partial charge in [0.2, 0.25) is 0 Å². The maximum absolute atomic E-state index is 8.71. The van der Waals surface area contributed by atoms with Crippen LogP contribution in [0.3, 0.4) is 0 Å². The molecule has 0 fully saturated rings. The molecule has 1 aliphatic rings. The second-order valence-electron chi connectivity index (χ2n) is 4.07. The predicted molar refractivity (Wildman–Crippen MR) is 58.7 cm³/mol. The van der Waals surface area contributed by atoms with Crippen molar-refractivity contribution in [2.75, 3.05) is 7.11 Å². The van der Waals surface area contributed by atoms with Crippen molar-refractivity contribution in [1.82, 2.24) is 0 Å². The van der Waals surface area contributed by atoms with E-state index in [0.29, 0.717) is 12.3 Å². The fourth-order valence-electron chi connectivity index (χ4n) is 2.32. The van der Waals surface area contributed by atoms with Gasteiger partial charge < -0.3 is 4.74 Å². The van der Waals surface area contributed by atoms with Crippen molar-refractivity contribution >= 4 is 0 Å². The average molecular weight is 201 g/mol. The van der Waals surface area contributed by atoms with Gasteiger partial charge >= 0.3 is 0 Å². The van der Waals surface area contributed by atoms with E-state index < -0.39 is 0 Å². The number of hydrogen-bond acceptors (Lipinski definition) is 2. The van der Waals surface area contributed by atoms with E-state index in [-0.39, 0.29) is 0 Å². The van der Waals surface area contributed by atoms with Crippen molar-refractivity contribution in [3.05, 3.63) is 29.3 Å². The molecule has 0 saturated heterocycles. The van der Waals surface area contributed by atoms with Gasteiger partial charge in [0.15, 0.2) is 0 Å². The molecule has 15 heavy (non-hydrogen) atoms. The molecule has 1 aromatic rings. The molecule has 2 nitrogen and oxygen atoms in total. The molecule has 0 saturated carbocycles. The number of nitriles is 1. The Morgan fingerprint density at radius 2 is 2.40 bits per heavy atom. The topological polar surface area (TPSA) is 33.0 Å². The first-order valence-corrected chi connectivity index (χ1v) is 5.37. The van der Waals surface area contributed by atoms with Gasteiger partial charge in [0.1, 0.15) is 5.75 Å². The summed E-state index contributed by atoms with van der Waals surface area (Å²) in [7, 11) is 1.71. The Morgan fingerprint density at radius 1 is 1.53 bits per heavy atom. The molecule has 2 heteroatoms. The zero-order chi connectivity index (χ0) is 10.7. The van der Waals surface area contributed by atoms with Crippen LogP contribution in [-0.4, -0.2) is 7.11 Å². The minimum atomic E-state index is 0.513. The Morgan fingerprint density at radius 3 is 3.13 bits per heavy atom. The molecule has 0 amide bonds. The quantitative estimate of drug-likeness (QED) is 0.737. The van der Waals surface area contributed by atoms with Crippen molar-refractivity contribution in [1.29, 1.82) is 5.26 Å². The van der Waals surface area contributed by atoms with Crippen LogP contribution >= 0.6 is 0 Å². The maximum atomic E-state index is 8.71. The van der Waals surface area contributed by atoms with E-state index >= 15 is 0 Å². The molecule has 2 rings (SSSR count). The third-order valence-electron chi connectivity index (χ3n) is 3.14. The number of hydrogen-bond donors (Lipinski definition) is 0. The van der Waals surface area contributed by atoms with Crippen LogP contribution in [0, 0.1) is 17.2 Å². The third kappa shape index (κ3) is 1.97. The van der Waals surface area contributed by atoms with Crippen molar-refractivity contribution < 1.29 is 4.74 Å². The molecular weight excluding hydrogens is 186 g/mol. The summed E-state index contributed by atoms with van der Waals surface area (Å²) in [6.07, 6.45) is 3.87. The molecule has 1 aromatic carbocycles. The van der Waals surface area contributed by atoms with Gasteiger partial charge in [-0.25, -0.2) is 0 Å². The molecule has 0 spiro atoms. The van der Waals surface area contributed by atoms with Crippen molar-refractivity contribution in [3.8, 4) is 11.8 Å². The average Bonchev–Trinajstić information content (AvgIpc) is 2.28. The van der Waals surface area contributed by atoms with Crippen LogP contribution in [0.4, 0.5) is 0 Å². The van der Waals surface area contributed by atoms with Crippen LogP contribution in [0.2, 0.25) is 0 Å². The van der Waals surface area contributed by atoms with Gasteiger partial charge in [-0.1, -0.05) is 12.1 Å². The lowest BCUT2D eigenvalue weighted by Gasteiger charge is -2.24. The largest absolute Gasteiger partial charge is 0.496 e. The number of benzene rings is 1. The van der Waals surface area contributed by atoms with E-state index in [1.807, 2.05) is 12.1 Å². The normalized spacial score (nSPS) is 19.1. The van der Waals surface area contributed by atoms with E-state index in [4.69, 9.17) is 10.00 Å². The highest BCUT2D eigenvalue weighted by atomic mass is 16.5. The molecule has 0 heterocycles. The lowest BCUT2D eigenvalue weighted by Crippen LogP contribution is -2.14. The second kappa shape index (κ2) is 4.35. The molecule has 0 radical (unpaired) electrons. The highest BCUT2D eigenvalue weighted by Gasteiger charge is 2.20. The van der Waals surface area contributed by atoms with Crippen LogP contribution in [-0.2, 0) is 12.8 Å². The fourth-order valence-corrected chi connectivity index (χ4v) is 2.32. The van der Waals surface area contributed by atoms with E-state index in [9.17, 15) is 0 Å². The summed E-state index contributed by atoms with van der Waals surface area (Å²) in [5.41, 5.74) is 2.70. The first-order valence-electron chi connectivity index (χ1n) is 5.37. The number of nitrogens with zero attached hydrogens (tertiary/aromatic N) is 1. The van der Waals surface area contributed by atoms with Crippen LogP contribution in [0.15, 0.2) is 18.2 Å². The molecule has 0 bridgehead atoms. The van der Waals surface area contributed by atoms with Gasteiger partial charge in [-0.15, -0.1) is 0 Å². The molecule has 0 aliphatic heterocycles. The summed E-state index contributed by atoms with van der Waals surface area (Å²) in [4.78, 5) is 0. The number of methoxy groups -OCH3 is 1. The van der Waals surface area contributed by atoms with Gasteiger partial charge in [-0.3, -0.25) is 0 Å². The van der Waals surface area contributed by atoms with Crippen molar-refractivity contribution in [2.45, 2.75) is 25.7 Å². The first-order chi connectivity index (χ1) is 7.35. The predicted octanol–water partition coefficient (Wildman–Crippen LogP) is 2.71. The summed E-state index contributed by atoms with van der Waals surface area (Å²) < 4.78 is 5.36. The summed E-state index contributed by atoms with van der Waals surface area (Å²) in [6.45, 7) is 0. The second-order valence-corrected chi connectivity index (χ2v) is 4.07. The SMILES string of the molecule is COc1cccc2c1CC(CC#N)CC2. The Balaban J connectivity index is 2.27. The number of ether oxygens (including phenoxy) is 1. The standard InChI is InChI=1S/C13H15NO/c1-15-13-4-2-3-11-6-5-10(7-8-14)9-12(11)13/h2-4,10H,5-7,9H2,1H3.